The maximum Gasteiger partial charge on any atom is 0.246 e. The van der Waals surface area contributed by atoms with Gasteiger partial charge in [0.05, 0.1) is 19.0 Å². The molecule has 1 fully saturated rings. The number of amides is 2. The van der Waals surface area contributed by atoms with Crippen molar-refractivity contribution in [3.8, 4) is 11.4 Å². The van der Waals surface area contributed by atoms with Crippen LogP contribution in [-0.4, -0.2) is 75.8 Å². The van der Waals surface area contributed by atoms with E-state index in [2.05, 4.69) is 15.4 Å². The first kappa shape index (κ1) is 23.7. The average molecular weight is 489 g/mol. The first-order valence-corrected chi connectivity index (χ1v) is 11.3. The number of halogens is 2. The summed E-state index contributed by atoms with van der Waals surface area (Å²) in [6.45, 7) is 4.52. The molecule has 180 valence electrons. The zero-order chi connectivity index (χ0) is 24.4. The minimum Gasteiger partial charge on any atom is -0.494 e. The Morgan fingerprint density at radius 1 is 1.35 bits per heavy atom. The van der Waals surface area contributed by atoms with Crippen LogP contribution in [0, 0.1) is 6.92 Å². The average Bonchev–Trinajstić information content (AvgIpc) is 3.26. The number of aromatic nitrogens is 3. The predicted molar refractivity (Wildman–Crippen MR) is 126 cm³/mol. The van der Waals surface area contributed by atoms with E-state index >= 15 is 0 Å². The molecule has 0 spiro atoms. The van der Waals surface area contributed by atoms with E-state index in [0.29, 0.717) is 30.4 Å². The van der Waals surface area contributed by atoms with Gasteiger partial charge in [0.15, 0.2) is 0 Å². The number of benzene rings is 1. The van der Waals surface area contributed by atoms with E-state index in [4.69, 9.17) is 16.3 Å². The molecular formula is C23H26ClFN6O3. The van der Waals surface area contributed by atoms with Crippen LogP contribution in [0.4, 0.5) is 10.1 Å². The number of aryl methyl sites for hydroxylation is 1. The summed E-state index contributed by atoms with van der Waals surface area (Å²) < 4.78 is 20.6. The van der Waals surface area contributed by atoms with Crippen LogP contribution in [0.5, 0.6) is 5.75 Å². The Morgan fingerprint density at radius 2 is 2.15 bits per heavy atom. The summed E-state index contributed by atoms with van der Waals surface area (Å²) in [5.41, 5.74) is 1.99. The maximum absolute atomic E-state index is 13.5. The van der Waals surface area contributed by atoms with E-state index < -0.39 is 17.6 Å². The molecule has 1 aliphatic carbocycles. The molecule has 0 saturated carbocycles. The predicted octanol–water partition coefficient (Wildman–Crippen LogP) is 2.14. The molecule has 3 unspecified atom stereocenters. The molecule has 4 rings (SSSR count). The van der Waals surface area contributed by atoms with Crippen LogP contribution in [0.3, 0.4) is 0 Å². The first-order chi connectivity index (χ1) is 16.3. The van der Waals surface area contributed by atoms with E-state index in [1.165, 1.54) is 18.2 Å². The molecule has 9 nitrogen and oxygen atoms in total. The van der Waals surface area contributed by atoms with Crippen LogP contribution in [0.15, 0.2) is 48.5 Å². The molecule has 1 aliphatic heterocycles. The summed E-state index contributed by atoms with van der Waals surface area (Å²) in [7, 11) is 1.58. The van der Waals surface area contributed by atoms with Gasteiger partial charge in [-0.25, -0.2) is 14.1 Å². The van der Waals surface area contributed by atoms with E-state index in [1.54, 1.807) is 36.9 Å². The summed E-state index contributed by atoms with van der Waals surface area (Å²) in [6.07, 6.45) is 4.55. The number of nitrogens with one attached hydrogen (secondary N) is 1. The molecule has 11 heteroatoms. The Balaban J connectivity index is 1.41. The highest BCUT2D eigenvalue weighted by Gasteiger charge is 2.32. The zero-order valence-corrected chi connectivity index (χ0v) is 19.9. The highest BCUT2D eigenvalue weighted by atomic mass is 35.5. The number of hydrogen-bond acceptors (Lipinski definition) is 6. The van der Waals surface area contributed by atoms with Gasteiger partial charge in [-0.05, 0) is 44.2 Å². The molecule has 2 heterocycles. The molecule has 2 amide bonds. The fourth-order valence-corrected chi connectivity index (χ4v) is 4.14. The number of ether oxygens (including phenoxy) is 1. The van der Waals surface area contributed by atoms with Gasteiger partial charge in [-0.3, -0.25) is 9.59 Å². The Bertz CT molecular complexity index is 1150. The van der Waals surface area contributed by atoms with E-state index in [1.807, 2.05) is 23.1 Å². The van der Waals surface area contributed by atoms with Crippen LogP contribution in [0.2, 0.25) is 0 Å². The summed E-state index contributed by atoms with van der Waals surface area (Å²) in [5.74, 6) is 0.729. The number of carbonyl (C=O) groups is 2. The smallest absolute Gasteiger partial charge is 0.246 e. The molecule has 1 N–H and O–H groups in total. The molecule has 1 aromatic carbocycles. The Kier molecular flexibility index (Phi) is 6.87. The first-order valence-electron chi connectivity index (χ1n) is 10.9. The molecule has 3 atom stereocenters. The summed E-state index contributed by atoms with van der Waals surface area (Å²) >= 11 is 5.90. The Hall–Kier alpha value is -3.40. The van der Waals surface area contributed by atoms with Gasteiger partial charge in [0.25, 0.3) is 0 Å². The lowest BCUT2D eigenvalue weighted by molar-refractivity contribution is -0.139. The second-order valence-electron chi connectivity index (χ2n) is 8.14. The van der Waals surface area contributed by atoms with E-state index in [0.717, 1.165) is 11.4 Å². The van der Waals surface area contributed by atoms with Crippen molar-refractivity contribution in [2.24, 2.45) is 0 Å². The van der Waals surface area contributed by atoms with Crippen molar-refractivity contribution in [3.05, 3.63) is 54.3 Å². The number of carbonyl (C=O) groups excluding carboxylic acids is 2. The second-order valence-corrected chi connectivity index (χ2v) is 8.64. The van der Waals surface area contributed by atoms with Crippen LogP contribution in [0.1, 0.15) is 12.7 Å². The number of piperazine rings is 1. The standard InChI is InChI=1S/C23H26ClFN6O3/c1-14(23(33)27-16-4-6-19(25)18(24)10-16)30-9-8-29(12-22(30)32)17-5-7-20(21(11-17)34-3)31-13-26-15(2)28-31/h4-7,10-11,13-14,18-19H,8-9,12H2,1-3H3,(H,27,33). The maximum atomic E-state index is 13.5. The minimum atomic E-state index is -1.29. The van der Waals surface area contributed by atoms with Crippen LogP contribution in [0.25, 0.3) is 5.69 Å². The van der Waals surface area contributed by atoms with Gasteiger partial charge < -0.3 is 19.9 Å². The lowest BCUT2D eigenvalue weighted by atomic mass is 10.1. The largest absolute Gasteiger partial charge is 0.494 e. The monoisotopic (exact) mass is 488 g/mol. The quantitative estimate of drug-likeness (QED) is 0.626. The lowest BCUT2D eigenvalue weighted by Gasteiger charge is -2.38. The fraction of sp³-hybridized carbons (Fsp3) is 0.391. The minimum absolute atomic E-state index is 0.123. The second kappa shape index (κ2) is 9.84. The third-order valence-electron chi connectivity index (χ3n) is 5.86. The molecule has 1 aromatic heterocycles. The van der Waals surface area contributed by atoms with Crippen molar-refractivity contribution in [3.63, 3.8) is 0 Å². The Labute approximate surface area is 201 Å². The number of alkyl halides is 2. The molecule has 2 aliphatic rings. The summed E-state index contributed by atoms with van der Waals surface area (Å²) in [5, 5.41) is 6.20. The van der Waals surface area contributed by atoms with Crippen LogP contribution < -0.4 is 15.0 Å². The number of hydrogen-bond donors (Lipinski definition) is 1. The van der Waals surface area contributed by atoms with Gasteiger partial charge in [0, 0.05) is 30.5 Å². The number of rotatable bonds is 6. The number of nitrogens with zero attached hydrogens (tertiary/aromatic N) is 5. The molecule has 0 radical (unpaired) electrons. The molecule has 0 bridgehead atoms. The number of allylic oxidation sites excluding steroid dienone is 3. The SMILES string of the molecule is COc1cc(N2CCN(C(C)C(=O)NC3=CC(Cl)C(F)C=C3)C(=O)C2)ccc1-n1cnc(C)n1. The van der Waals surface area contributed by atoms with Crippen molar-refractivity contribution in [1.82, 2.24) is 25.0 Å². The van der Waals surface area contributed by atoms with Gasteiger partial charge in [-0.15, -0.1) is 11.6 Å². The summed E-state index contributed by atoms with van der Waals surface area (Å²) in [6, 6.07) is 4.94. The van der Waals surface area contributed by atoms with Gasteiger partial charge in [0.2, 0.25) is 11.8 Å². The van der Waals surface area contributed by atoms with Crippen LogP contribution >= 0.6 is 11.6 Å². The van der Waals surface area contributed by atoms with Crippen molar-refractivity contribution in [2.75, 3.05) is 31.6 Å². The van der Waals surface area contributed by atoms with Crippen LogP contribution in [-0.2, 0) is 9.59 Å². The van der Waals surface area contributed by atoms with E-state index in [9.17, 15) is 14.0 Å². The normalized spacial score (nSPS) is 21.3. The van der Waals surface area contributed by atoms with Gasteiger partial charge in [-0.1, -0.05) is 0 Å². The molecule has 34 heavy (non-hydrogen) atoms. The van der Waals surface area contributed by atoms with Gasteiger partial charge >= 0.3 is 0 Å². The summed E-state index contributed by atoms with van der Waals surface area (Å²) in [4.78, 5) is 33.2. The highest BCUT2D eigenvalue weighted by molar-refractivity contribution is 6.22. The molecule has 1 saturated heterocycles. The molecule has 2 aromatic rings. The number of anilines is 1. The fourth-order valence-electron chi connectivity index (χ4n) is 3.92. The highest BCUT2D eigenvalue weighted by Crippen LogP contribution is 2.29. The Morgan fingerprint density at radius 3 is 2.79 bits per heavy atom. The van der Waals surface area contributed by atoms with Gasteiger partial charge in [0.1, 0.15) is 35.8 Å². The third-order valence-corrected chi connectivity index (χ3v) is 6.22. The number of methoxy groups -OCH3 is 1. The zero-order valence-electron chi connectivity index (χ0n) is 19.1. The lowest BCUT2D eigenvalue weighted by Crippen LogP contribution is -2.57. The van der Waals surface area contributed by atoms with Gasteiger partial charge in [-0.2, -0.15) is 5.10 Å². The van der Waals surface area contributed by atoms with Crippen molar-refractivity contribution in [1.29, 1.82) is 0 Å². The van der Waals surface area contributed by atoms with Crippen molar-refractivity contribution < 1.29 is 18.7 Å². The van der Waals surface area contributed by atoms with Crippen molar-refractivity contribution in [2.45, 2.75) is 31.4 Å². The molecular weight excluding hydrogens is 463 g/mol. The van der Waals surface area contributed by atoms with E-state index in [-0.39, 0.29) is 18.4 Å². The third kappa shape index (κ3) is 4.91. The van der Waals surface area contributed by atoms with Crippen molar-refractivity contribution >= 4 is 29.1 Å². The topological polar surface area (TPSA) is 92.6 Å².